The maximum absolute atomic E-state index is 12.1. The van der Waals surface area contributed by atoms with Crippen molar-refractivity contribution in [1.29, 1.82) is 0 Å². The van der Waals surface area contributed by atoms with E-state index in [1.54, 1.807) is 0 Å². The lowest BCUT2D eigenvalue weighted by Gasteiger charge is -2.58. The Labute approximate surface area is 217 Å². The predicted octanol–water partition coefficient (Wildman–Crippen LogP) is 6.17. The zero-order valence-electron chi connectivity index (χ0n) is 22.8. The molecule has 7 atom stereocenters. The summed E-state index contributed by atoms with van der Waals surface area (Å²) in [4.78, 5) is 16.7. The lowest BCUT2D eigenvalue weighted by Crippen LogP contribution is -2.52. The first-order chi connectivity index (χ1) is 17.3. The Kier molecular flexibility index (Phi) is 7.35. The third-order valence-corrected chi connectivity index (χ3v) is 10.5. The van der Waals surface area contributed by atoms with Gasteiger partial charge in [0.2, 0.25) is 0 Å². The van der Waals surface area contributed by atoms with Crippen molar-refractivity contribution in [2.75, 3.05) is 6.61 Å². The molecular formula is C31H46N2O3. The van der Waals surface area contributed by atoms with Crippen LogP contribution in [-0.2, 0) is 4.79 Å². The molecule has 1 heterocycles. The predicted molar refractivity (Wildman–Crippen MR) is 143 cm³/mol. The minimum absolute atomic E-state index is 0.0236. The van der Waals surface area contributed by atoms with Crippen molar-refractivity contribution in [3.8, 4) is 5.75 Å². The van der Waals surface area contributed by atoms with Crippen molar-refractivity contribution in [1.82, 2.24) is 10.3 Å². The van der Waals surface area contributed by atoms with E-state index in [9.17, 15) is 9.90 Å². The van der Waals surface area contributed by atoms with Gasteiger partial charge in [-0.2, -0.15) is 0 Å². The molecule has 0 bridgehead atoms. The fourth-order valence-corrected chi connectivity index (χ4v) is 8.70. The van der Waals surface area contributed by atoms with Crippen molar-refractivity contribution in [2.45, 2.75) is 110 Å². The number of aromatic nitrogens is 1. The number of allylic oxidation sites excluding steroid dienone is 1. The van der Waals surface area contributed by atoms with Crippen LogP contribution < -0.4 is 10.1 Å². The van der Waals surface area contributed by atoms with Crippen LogP contribution in [0.2, 0.25) is 0 Å². The summed E-state index contributed by atoms with van der Waals surface area (Å²) in [5.41, 5.74) is 2.61. The second kappa shape index (κ2) is 10.2. The van der Waals surface area contributed by atoms with E-state index in [1.165, 1.54) is 18.4 Å². The number of carbonyl (C=O) groups is 1. The zero-order chi connectivity index (χ0) is 25.5. The molecular weight excluding hydrogens is 448 g/mol. The first-order valence-electron chi connectivity index (χ1n) is 14.5. The Bertz CT molecular complexity index is 990. The van der Waals surface area contributed by atoms with Crippen LogP contribution >= 0.6 is 0 Å². The number of fused-ring (bicyclic) bond motifs is 5. The van der Waals surface area contributed by atoms with Gasteiger partial charge in [0, 0.05) is 36.2 Å². The minimum atomic E-state index is -0.225. The van der Waals surface area contributed by atoms with Gasteiger partial charge in [-0.1, -0.05) is 33.3 Å². The number of aliphatic hydroxyl groups excluding tert-OH is 1. The highest BCUT2D eigenvalue weighted by Gasteiger charge is 2.60. The smallest absolute Gasteiger partial charge is 0.155 e. The Hall–Kier alpha value is -1.72. The SMILES string of the molecule is CCC(NC(C)C)c1cc(OCC[C@]23CCC4C(CCC5=CC(=O)CC[C@@]54C)C2CCC3O)ccn1. The maximum atomic E-state index is 12.1. The molecule has 2 N–H and O–H groups in total. The topological polar surface area (TPSA) is 71.5 Å². The molecule has 5 rings (SSSR count). The van der Waals surface area contributed by atoms with Gasteiger partial charge in [-0.05, 0) is 93.1 Å². The van der Waals surface area contributed by atoms with Crippen LogP contribution in [-0.4, -0.2) is 34.6 Å². The van der Waals surface area contributed by atoms with E-state index in [4.69, 9.17) is 4.74 Å². The van der Waals surface area contributed by atoms with Gasteiger partial charge >= 0.3 is 0 Å². The number of pyridine rings is 1. The summed E-state index contributed by atoms with van der Waals surface area (Å²) < 4.78 is 6.33. The van der Waals surface area contributed by atoms with Gasteiger partial charge in [-0.25, -0.2) is 0 Å². The monoisotopic (exact) mass is 494 g/mol. The summed E-state index contributed by atoms with van der Waals surface area (Å²) in [6.07, 6.45) is 13.8. The highest BCUT2D eigenvalue weighted by atomic mass is 16.5. The average Bonchev–Trinajstić information content (AvgIpc) is 3.19. The van der Waals surface area contributed by atoms with Gasteiger partial charge in [-0.3, -0.25) is 9.78 Å². The number of carbonyl (C=O) groups excluding carboxylic acids is 1. The molecule has 1 aromatic rings. The Morgan fingerprint density at radius 2 is 2.00 bits per heavy atom. The van der Waals surface area contributed by atoms with E-state index in [1.807, 2.05) is 18.3 Å². The maximum Gasteiger partial charge on any atom is 0.155 e. The quantitative estimate of drug-likeness (QED) is 0.452. The number of hydrogen-bond acceptors (Lipinski definition) is 5. The lowest BCUT2D eigenvalue weighted by atomic mass is 9.46. The van der Waals surface area contributed by atoms with Crippen molar-refractivity contribution < 1.29 is 14.6 Å². The molecule has 0 aromatic carbocycles. The molecule has 1 aromatic heterocycles. The van der Waals surface area contributed by atoms with E-state index < -0.39 is 0 Å². The molecule has 5 nitrogen and oxygen atoms in total. The van der Waals surface area contributed by atoms with E-state index in [-0.39, 0.29) is 23.0 Å². The lowest BCUT2D eigenvalue weighted by molar-refractivity contribution is -0.118. The van der Waals surface area contributed by atoms with Gasteiger partial charge < -0.3 is 15.2 Å². The molecule has 36 heavy (non-hydrogen) atoms. The van der Waals surface area contributed by atoms with Crippen molar-refractivity contribution in [3.63, 3.8) is 0 Å². The van der Waals surface area contributed by atoms with Crippen molar-refractivity contribution in [2.24, 2.45) is 28.6 Å². The summed E-state index contributed by atoms with van der Waals surface area (Å²) in [7, 11) is 0. The molecule has 0 aliphatic heterocycles. The number of ketones is 1. The van der Waals surface area contributed by atoms with Crippen LogP contribution in [0.4, 0.5) is 0 Å². The standard InChI is InChI=1S/C31H46N2O3/c1-5-27(33-20(2)3)28-19-23(12-16-32-28)36-17-15-31-14-11-25-24(26(31)8-9-29(31)35)7-6-21-18-22(34)10-13-30(21,25)4/h12,16,18-20,24-27,29,33,35H,5-11,13-15,17H2,1-4H3/t24?,25?,26?,27?,29?,30-,31+/m0/s1. The summed E-state index contributed by atoms with van der Waals surface area (Å²) in [5, 5.41) is 14.9. The molecule has 3 fully saturated rings. The van der Waals surface area contributed by atoms with Crippen molar-refractivity contribution >= 4 is 5.78 Å². The van der Waals surface area contributed by atoms with Crippen LogP contribution in [0.15, 0.2) is 30.0 Å². The number of nitrogens with zero attached hydrogens (tertiary/aromatic N) is 1. The largest absolute Gasteiger partial charge is 0.493 e. The summed E-state index contributed by atoms with van der Waals surface area (Å²) >= 11 is 0. The molecule has 5 heteroatoms. The fraction of sp³-hybridized carbons (Fsp3) is 0.742. The molecule has 0 spiro atoms. The molecule has 0 amide bonds. The third-order valence-electron chi connectivity index (χ3n) is 10.5. The zero-order valence-corrected chi connectivity index (χ0v) is 22.8. The summed E-state index contributed by atoms with van der Waals surface area (Å²) in [6, 6.07) is 4.67. The van der Waals surface area contributed by atoms with Gasteiger partial charge in [0.1, 0.15) is 5.75 Å². The molecule has 0 radical (unpaired) electrons. The van der Waals surface area contributed by atoms with Gasteiger partial charge in [0.05, 0.1) is 18.4 Å². The minimum Gasteiger partial charge on any atom is -0.493 e. The molecule has 198 valence electrons. The first-order valence-corrected chi connectivity index (χ1v) is 14.5. The fourth-order valence-electron chi connectivity index (χ4n) is 8.70. The Morgan fingerprint density at radius 1 is 1.17 bits per heavy atom. The second-order valence-corrected chi connectivity index (χ2v) is 12.6. The number of nitrogens with one attached hydrogen (secondary N) is 1. The van der Waals surface area contributed by atoms with Crippen LogP contribution in [0.3, 0.4) is 0 Å². The van der Waals surface area contributed by atoms with Crippen LogP contribution in [0.5, 0.6) is 5.75 Å². The normalized spacial score (nSPS) is 36.6. The second-order valence-electron chi connectivity index (χ2n) is 12.6. The molecule has 4 aliphatic carbocycles. The number of aliphatic hydroxyl groups is 1. The van der Waals surface area contributed by atoms with E-state index in [0.29, 0.717) is 42.6 Å². The van der Waals surface area contributed by atoms with Crippen LogP contribution in [0, 0.1) is 28.6 Å². The Balaban J connectivity index is 1.28. The number of rotatable bonds is 8. The van der Waals surface area contributed by atoms with Crippen molar-refractivity contribution in [3.05, 3.63) is 35.7 Å². The highest BCUT2D eigenvalue weighted by molar-refractivity contribution is 5.91. The van der Waals surface area contributed by atoms with Gasteiger partial charge in [0.15, 0.2) is 5.78 Å². The highest BCUT2D eigenvalue weighted by Crippen LogP contribution is 2.66. The molecule has 5 unspecified atom stereocenters. The first kappa shape index (κ1) is 25.9. The summed E-state index contributed by atoms with van der Waals surface area (Å²) in [5.74, 6) is 3.08. The van der Waals surface area contributed by atoms with Crippen LogP contribution in [0.25, 0.3) is 0 Å². The van der Waals surface area contributed by atoms with E-state index in [0.717, 1.165) is 56.4 Å². The number of ether oxygens (including phenoxy) is 1. The number of hydrogen-bond donors (Lipinski definition) is 2. The molecule has 0 saturated heterocycles. The van der Waals surface area contributed by atoms with Gasteiger partial charge in [-0.15, -0.1) is 0 Å². The molecule has 3 saturated carbocycles. The Morgan fingerprint density at radius 3 is 2.78 bits per heavy atom. The third kappa shape index (κ3) is 4.55. The van der Waals surface area contributed by atoms with Gasteiger partial charge in [0.25, 0.3) is 0 Å². The molecule has 4 aliphatic rings. The summed E-state index contributed by atoms with van der Waals surface area (Å²) in [6.45, 7) is 9.58. The van der Waals surface area contributed by atoms with Crippen LogP contribution in [0.1, 0.15) is 104 Å². The average molecular weight is 495 g/mol. The van der Waals surface area contributed by atoms with E-state index >= 15 is 0 Å². The van der Waals surface area contributed by atoms with E-state index in [2.05, 4.69) is 44.1 Å².